The smallest absolute Gasteiger partial charge is 0.160 e. The minimum absolute atomic E-state index is 0.140. The monoisotopic (exact) mass is 270 g/mol. The molecule has 0 bridgehead atoms. The molecule has 1 unspecified atom stereocenters. The summed E-state index contributed by atoms with van der Waals surface area (Å²) >= 11 is 0. The van der Waals surface area contributed by atoms with Crippen LogP contribution in [0.3, 0.4) is 0 Å². The van der Waals surface area contributed by atoms with Gasteiger partial charge < -0.3 is 0 Å². The zero-order valence-electron chi connectivity index (χ0n) is 10.5. The van der Waals surface area contributed by atoms with Crippen LogP contribution in [0.25, 0.3) is 0 Å². The van der Waals surface area contributed by atoms with E-state index in [4.69, 9.17) is 0 Å². The average molecular weight is 270 g/mol. The number of Topliss-reactive ketones (excluding diaryl/α,β-unsaturated/α-hetero) is 1. The van der Waals surface area contributed by atoms with E-state index in [9.17, 15) is 13.2 Å². The first-order valence-electron chi connectivity index (χ1n) is 6.21. The molecule has 6 heteroatoms. The van der Waals surface area contributed by atoms with Gasteiger partial charge in [0.2, 0.25) is 0 Å². The molecule has 0 aromatic carbocycles. The quantitative estimate of drug-likeness (QED) is 0.814. The second-order valence-electron chi connectivity index (χ2n) is 4.84. The Morgan fingerprint density at radius 3 is 2.89 bits per heavy atom. The zero-order valence-corrected chi connectivity index (χ0v) is 11.3. The Labute approximate surface area is 107 Å². The predicted octanol–water partition coefficient (Wildman–Crippen LogP) is 0.889. The van der Waals surface area contributed by atoms with Crippen molar-refractivity contribution >= 4 is 15.6 Å². The molecular weight excluding hydrogens is 252 g/mol. The summed E-state index contributed by atoms with van der Waals surface area (Å²) < 4.78 is 25.3. The lowest BCUT2D eigenvalue weighted by atomic mass is 10.0. The van der Waals surface area contributed by atoms with Crippen molar-refractivity contribution in [2.75, 3.05) is 5.75 Å². The van der Waals surface area contributed by atoms with E-state index >= 15 is 0 Å². The molecular formula is C12H18N2O3S. The topological polar surface area (TPSA) is 69.0 Å². The molecule has 0 saturated carbocycles. The van der Waals surface area contributed by atoms with Crippen LogP contribution in [0.15, 0.2) is 12.4 Å². The van der Waals surface area contributed by atoms with Crippen LogP contribution < -0.4 is 0 Å². The molecule has 5 nitrogen and oxygen atoms in total. The minimum atomic E-state index is -3.19. The summed E-state index contributed by atoms with van der Waals surface area (Å²) in [5, 5.41) is 3.26. The van der Waals surface area contributed by atoms with Crippen molar-refractivity contribution in [3.05, 3.63) is 18.0 Å². The number of aryl methyl sites for hydroxylation is 2. The molecule has 1 atom stereocenters. The lowest BCUT2D eigenvalue weighted by Crippen LogP contribution is -2.35. The molecule has 0 spiro atoms. The highest BCUT2D eigenvalue weighted by Crippen LogP contribution is 2.21. The van der Waals surface area contributed by atoms with Crippen molar-refractivity contribution < 1.29 is 13.2 Å². The highest BCUT2D eigenvalue weighted by molar-refractivity contribution is 7.92. The number of hydrogen-bond donors (Lipinski definition) is 0. The van der Waals surface area contributed by atoms with Crippen molar-refractivity contribution in [1.82, 2.24) is 9.78 Å². The number of carbonyl (C=O) groups excluding carboxylic acids is 1. The van der Waals surface area contributed by atoms with E-state index in [0.717, 1.165) is 12.0 Å². The first kappa shape index (κ1) is 13.3. The Morgan fingerprint density at radius 2 is 2.28 bits per heavy atom. The maximum absolute atomic E-state index is 12.0. The van der Waals surface area contributed by atoms with E-state index in [2.05, 4.69) is 5.10 Å². The van der Waals surface area contributed by atoms with Crippen LogP contribution in [0, 0.1) is 0 Å². The fourth-order valence-corrected chi connectivity index (χ4v) is 4.28. The third-order valence-corrected chi connectivity index (χ3v) is 5.58. The summed E-state index contributed by atoms with van der Waals surface area (Å²) in [4.78, 5) is 12.0. The van der Waals surface area contributed by atoms with Crippen molar-refractivity contribution in [3.8, 4) is 0 Å². The molecule has 0 radical (unpaired) electrons. The Kier molecular flexibility index (Phi) is 3.85. The SMILES string of the molecule is Cn1cc(CCC(=O)C2CCCCS2(=O)=O)cn1. The predicted molar refractivity (Wildman–Crippen MR) is 68.0 cm³/mol. The molecule has 1 aliphatic heterocycles. The molecule has 1 saturated heterocycles. The molecule has 0 amide bonds. The number of carbonyl (C=O) groups is 1. The van der Waals surface area contributed by atoms with Gasteiger partial charge in [-0.05, 0) is 24.8 Å². The molecule has 1 aliphatic rings. The Morgan fingerprint density at radius 1 is 1.50 bits per heavy atom. The van der Waals surface area contributed by atoms with Crippen molar-refractivity contribution in [2.45, 2.75) is 37.4 Å². The molecule has 0 aliphatic carbocycles. The number of nitrogens with zero attached hydrogens (tertiary/aromatic N) is 2. The maximum atomic E-state index is 12.0. The highest BCUT2D eigenvalue weighted by Gasteiger charge is 2.33. The third-order valence-electron chi connectivity index (χ3n) is 3.36. The summed E-state index contributed by atoms with van der Waals surface area (Å²) in [6, 6.07) is 0. The lowest BCUT2D eigenvalue weighted by Gasteiger charge is -2.20. The van der Waals surface area contributed by atoms with E-state index in [0.29, 0.717) is 19.3 Å². The van der Waals surface area contributed by atoms with Crippen LogP contribution >= 0.6 is 0 Å². The second-order valence-corrected chi connectivity index (χ2v) is 7.14. The van der Waals surface area contributed by atoms with Crippen LogP contribution in [-0.2, 0) is 28.1 Å². The van der Waals surface area contributed by atoms with E-state index in [1.807, 2.05) is 13.2 Å². The van der Waals surface area contributed by atoms with Gasteiger partial charge in [-0.3, -0.25) is 9.48 Å². The number of hydrogen-bond acceptors (Lipinski definition) is 4. The molecule has 2 heterocycles. The minimum Gasteiger partial charge on any atom is -0.298 e. The lowest BCUT2D eigenvalue weighted by molar-refractivity contribution is -0.118. The van der Waals surface area contributed by atoms with E-state index in [1.165, 1.54) is 0 Å². The van der Waals surface area contributed by atoms with Crippen LogP contribution in [0.2, 0.25) is 0 Å². The van der Waals surface area contributed by atoms with Gasteiger partial charge in [-0.25, -0.2) is 8.42 Å². The summed E-state index contributed by atoms with van der Waals surface area (Å²) in [5.41, 5.74) is 0.971. The Bertz CT molecular complexity index is 533. The highest BCUT2D eigenvalue weighted by atomic mass is 32.2. The molecule has 1 aromatic heterocycles. The molecule has 2 rings (SSSR count). The molecule has 100 valence electrons. The average Bonchev–Trinajstić information content (AvgIpc) is 2.71. The van der Waals surface area contributed by atoms with Gasteiger partial charge >= 0.3 is 0 Å². The van der Waals surface area contributed by atoms with Crippen LogP contribution in [0.4, 0.5) is 0 Å². The first-order chi connectivity index (χ1) is 8.49. The second kappa shape index (κ2) is 5.22. The molecule has 0 N–H and O–H groups in total. The molecule has 1 aromatic rings. The summed E-state index contributed by atoms with van der Waals surface area (Å²) in [6.07, 6.45) is 6.44. The van der Waals surface area contributed by atoms with Crippen molar-refractivity contribution in [3.63, 3.8) is 0 Å². The third kappa shape index (κ3) is 2.98. The van der Waals surface area contributed by atoms with Gasteiger partial charge in [0.05, 0.1) is 11.9 Å². The number of ketones is 1. The normalized spacial score (nSPS) is 22.8. The van der Waals surface area contributed by atoms with Crippen molar-refractivity contribution in [2.24, 2.45) is 7.05 Å². The van der Waals surface area contributed by atoms with E-state index in [1.54, 1.807) is 10.9 Å². The van der Waals surface area contributed by atoms with Gasteiger partial charge in [-0.2, -0.15) is 5.10 Å². The van der Waals surface area contributed by atoms with Gasteiger partial charge in [-0.1, -0.05) is 6.42 Å². The van der Waals surface area contributed by atoms with Gasteiger partial charge in [0, 0.05) is 19.7 Å². The Hall–Kier alpha value is -1.17. The summed E-state index contributed by atoms with van der Waals surface area (Å²) in [5.74, 6) is 0.0228. The Balaban J connectivity index is 1.95. The summed E-state index contributed by atoms with van der Waals surface area (Å²) in [7, 11) is -1.38. The van der Waals surface area contributed by atoms with Gasteiger partial charge in [0.1, 0.15) is 5.25 Å². The van der Waals surface area contributed by atoms with Gasteiger partial charge in [0.15, 0.2) is 15.6 Å². The van der Waals surface area contributed by atoms with E-state index < -0.39 is 15.1 Å². The van der Waals surface area contributed by atoms with Gasteiger partial charge in [-0.15, -0.1) is 0 Å². The summed E-state index contributed by atoms with van der Waals surface area (Å²) in [6.45, 7) is 0. The number of aromatic nitrogens is 2. The number of rotatable bonds is 4. The van der Waals surface area contributed by atoms with Gasteiger partial charge in [0.25, 0.3) is 0 Å². The fourth-order valence-electron chi connectivity index (χ4n) is 2.35. The molecule has 18 heavy (non-hydrogen) atoms. The standard InChI is InChI=1S/C12H18N2O3S/c1-14-9-10(8-13-14)5-6-11(15)12-4-2-3-7-18(12,16)17/h8-9,12H,2-7H2,1H3. The largest absolute Gasteiger partial charge is 0.298 e. The van der Waals surface area contributed by atoms with Crippen LogP contribution in [0.1, 0.15) is 31.2 Å². The first-order valence-corrected chi connectivity index (χ1v) is 7.92. The number of sulfone groups is 1. The fraction of sp³-hybridized carbons (Fsp3) is 0.667. The van der Waals surface area contributed by atoms with Crippen molar-refractivity contribution in [1.29, 1.82) is 0 Å². The van der Waals surface area contributed by atoms with Crippen LogP contribution in [0.5, 0.6) is 0 Å². The maximum Gasteiger partial charge on any atom is 0.160 e. The van der Waals surface area contributed by atoms with E-state index in [-0.39, 0.29) is 18.0 Å². The molecule has 1 fully saturated rings. The zero-order chi connectivity index (χ0) is 13.2. The van der Waals surface area contributed by atoms with Crippen LogP contribution in [-0.4, -0.2) is 35.0 Å².